The van der Waals surface area contributed by atoms with E-state index >= 15 is 0 Å². The van der Waals surface area contributed by atoms with Gasteiger partial charge >= 0.3 is 5.97 Å². The quantitative estimate of drug-likeness (QED) is 0.776. The Morgan fingerprint density at radius 3 is 2.80 bits per heavy atom. The van der Waals surface area contributed by atoms with Crippen LogP contribution >= 0.6 is 11.8 Å². The van der Waals surface area contributed by atoms with Gasteiger partial charge < -0.3 is 14.1 Å². The summed E-state index contributed by atoms with van der Waals surface area (Å²) in [4.78, 5) is 27.6. The molecule has 25 heavy (non-hydrogen) atoms. The molecule has 1 aromatic heterocycles. The summed E-state index contributed by atoms with van der Waals surface area (Å²) in [6, 6.07) is 9.47. The van der Waals surface area contributed by atoms with Gasteiger partial charge in [0.1, 0.15) is 17.1 Å². The van der Waals surface area contributed by atoms with Crippen LogP contribution in [-0.2, 0) is 9.53 Å². The van der Waals surface area contributed by atoms with Gasteiger partial charge in [-0.25, -0.2) is 4.79 Å². The van der Waals surface area contributed by atoms with Gasteiger partial charge in [0.15, 0.2) is 6.61 Å². The molecule has 0 fully saturated rings. The zero-order valence-corrected chi connectivity index (χ0v) is 15.4. The van der Waals surface area contributed by atoms with E-state index in [1.165, 1.54) is 0 Å². The van der Waals surface area contributed by atoms with Gasteiger partial charge in [0.2, 0.25) is 0 Å². The monoisotopic (exact) mass is 359 g/mol. The fraction of sp³-hybridized carbons (Fsp3) is 0.368. The topological polar surface area (TPSA) is 59.8 Å². The molecule has 5 nitrogen and oxygen atoms in total. The van der Waals surface area contributed by atoms with E-state index < -0.39 is 5.97 Å². The number of anilines is 1. The molecule has 0 saturated heterocycles. The molecule has 1 amide bonds. The molecule has 3 rings (SSSR count). The molecule has 0 radical (unpaired) electrons. The van der Waals surface area contributed by atoms with Crippen LogP contribution in [0.15, 0.2) is 39.6 Å². The van der Waals surface area contributed by atoms with E-state index in [1.54, 1.807) is 36.6 Å². The summed E-state index contributed by atoms with van der Waals surface area (Å²) in [5.74, 6) is 0.394. The molecule has 1 aliphatic heterocycles. The number of aryl methyl sites for hydroxylation is 2. The van der Waals surface area contributed by atoms with Gasteiger partial charge in [0.25, 0.3) is 5.91 Å². The summed E-state index contributed by atoms with van der Waals surface area (Å²) in [7, 11) is 0. The van der Waals surface area contributed by atoms with Gasteiger partial charge in [0.05, 0.1) is 5.69 Å². The fourth-order valence-corrected chi connectivity index (χ4v) is 3.98. The number of benzene rings is 1. The number of esters is 1. The Balaban J connectivity index is 1.71. The lowest BCUT2D eigenvalue weighted by Gasteiger charge is -2.22. The highest BCUT2D eigenvalue weighted by Gasteiger charge is 2.25. The second-order valence-corrected chi connectivity index (χ2v) is 7.61. The summed E-state index contributed by atoms with van der Waals surface area (Å²) in [5.41, 5.74) is 1.25. The van der Waals surface area contributed by atoms with Crippen LogP contribution in [0.3, 0.4) is 0 Å². The second-order valence-electron chi connectivity index (χ2n) is 6.13. The van der Waals surface area contributed by atoms with E-state index in [1.807, 2.05) is 24.3 Å². The molecule has 2 heterocycles. The molecule has 1 aliphatic rings. The second kappa shape index (κ2) is 7.35. The van der Waals surface area contributed by atoms with E-state index in [4.69, 9.17) is 9.15 Å². The molecule has 6 heteroatoms. The van der Waals surface area contributed by atoms with Crippen molar-refractivity contribution in [2.45, 2.75) is 37.3 Å². The van der Waals surface area contributed by atoms with E-state index in [2.05, 4.69) is 6.92 Å². The predicted octanol–water partition coefficient (Wildman–Crippen LogP) is 3.97. The Morgan fingerprint density at radius 1 is 1.32 bits per heavy atom. The lowest BCUT2D eigenvalue weighted by atomic mass is 10.2. The molecule has 0 aliphatic carbocycles. The van der Waals surface area contributed by atoms with Crippen LogP contribution in [0.1, 0.15) is 35.2 Å². The molecule has 0 saturated carbocycles. The molecule has 0 spiro atoms. The fourth-order valence-electron chi connectivity index (χ4n) is 2.86. The van der Waals surface area contributed by atoms with E-state index in [9.17, 15) is 9.59 Å². The van der Waals surface area contributed by atoms with Crippen LogP contribution in [0, 0.1) is 13.8 Å². The van der Waals surface area contributed by atoms with Crippen molar-refractivity contribution in [2.24, 2.45) is 0 Å². The van der Waals surface area contributed by atoms with Gasteiger partial charge in [-0.3, -0.25) is 4.79 Å². The molecule has 0 bridgehead atoms. The summed E-state index contributed by atoms with van der Waals surface area (Å²) in [5, 5.41) is 0.429. The molecule has 0 N–H and O–H groups in total. The van der Waals surface area contributed by atoms with Crippen molar-refractivity contribution in [3.63, 3.8) is 0 Å². The maximum Gasteiger partial charge on any atom is 0.342 e. The first-order valence-electron chi connectivity index (χ1n) is 8.26. The first-order chi connectivity index (χ1) is 12.0. The van der Waals surface area contributed by atoms with Crippen molar-refractivity contribution in [3.05, 3.63) is 47.4 Å². The van der Waals surface area contributed by atoms with Gasteiger partial charge in [-0.1, -0.05) is 19.1 Å². The number of ether oxygens (including phenoxy) is 1. The molecular weight excluding hydrogens is 338 g/mol. The summed E-state index contributed by atoms with van der Waals surface area (Å²) in [6.45, 7) is 5.96. The Labute approximate surface area is 151 Å². The van der Waals surface area contributed by atoms with Crippen molar-refractivity contribution in [3.8, 4) is 0 Å². The van der Waals surface area contributed by atoms with E-state index in [0.717, 1.165) is 17.0 Å². The standard InChI is InChI=1S/C19H21NO4S/c1-12-10-15(14(3)24-12)19(22)23-11-18(21)20-9-8-13(2)25-17-7-5-4-6-16(17)20/h4-7,10,13H,8-9,11H2,1-3H3/t13-/m0/s1. The average Bonchev–Trinajstić information content (AvgIpc) is 2.82. The van der Waals surface area contributed by atoms with Crippen molar-refractivity contribution in [2.75, 3.05) is 18.1 Å². The lowest BCUT2D eigenvalue weighted by molar-refractivity contribution is -0.121. The molecular formula is C19H21NO4S. The Kier molecular flexibility index (Phi) is 5.18. The number of amides is 1. The van der Waals surface area contributed by atoms with Gasteiger partial charge in [-0.05, 0) is 38.5 Å². The minimum absolute atomic E-state index is 0.214. The van der Waals surface area contributed by atoms with Crippen LogP contribution in [-0.4, -0.2) is 30.3 Å². The summed E-state index contributed by atoms with van der Waals surface area (Å²) >= 11 is 1.77. The zero-order chi connectivity index (χ0) is 18.0. The van der Waals surface area contributed by atoms with Crippen molar-refractivity contribution in [1.29, 1.82) is 0 Å². The predicted molar refractivity (Wildman–Crippen MR) is 97.2 cm³/mol. The zero-order valence-electron chi connectivity index (χ0n) is 14.6. The van der Waals surface area contributed by atoms with Gasteiger partial charge in [-0.15, -0.1) is 11.8 Å². The Bertz CT molecular complexity index is 798. The number of furan rings is 1. The number of rotatable bonds is 3. The molecule has 1 atom stereocenters. The molecule has 0 unspecified atom stereocenters. The normalized spacial score (nSPS) is 16.9. The van der Waals surface area contributed by atoms with Crippen molar-refractivity contribution in [1.82, 2.24) is 0 Å². The third-order valence-electron chi connectivity index (χ3n) is 4.13. The third-order valence-corrected chi connectivity index (χ3v) is 5.37. The first-order valence-corrected chi connectivity index (χ1v) is 9.14. The maximum absolute atomic E-state index is 12.7. The van der Waals surface area contributed by atoms with E-state index in [-0.39, 0.29) is 12.5 Å². The average molecular weight is 359 g/mol. The van der Waals surface area contributed by atoms with E-state index in [0.29, 0.717) is 28.9 Å². The van der Waals surface area contributed by atoms with Gasteiger partial charge in [0, 0.05) is 16.7 Å². The Morgan fingerprint density at radius 2 is 2.08 bits per heavy atom. The third kappa shape index (κ3) is 3.90. The molecule has 1 aromatic carbocycles. The smallest absolute Gasteiger partial charge is 0.342 e. The highest BCUT2D eigenvalue weighted by Crippen LogP contribution is 2.37. The number of fused-ring (bicyclic) bond motifs is 1. The van der Waals surface area contributed by atoms with Crippen LogP contribution in [0.4, 0.5) is 5.69 Å². The first kappa shape index (κ1) is 17.6. The number of para-hydroxylation sites is 1. The highest BCUT2D eigenvalue weighted by molar-refractivity contribution is 8.00. The largest absolute Gasteiger partial charge is 0.466 e. The van der Waals surface area contributed by atoms with Crippen molar-refractivity contribution < 1.29 is 18.7 Å². The summed E-state index contributed by atoms with van der Waals surface area (Å²) in [6.07, 6.45) is 0.888. The number of thioether (sulfide) groups is 1. The maximum atomic E-state index is 12.7. The van der Waals surface area contributed by atoms with Crippen LogP contribution < -0.4 is 4.90 Å². The minimum atomic E-state index is -0.534. The number of nitrogens with zero attached hydrogens (tertiary/aromatic N) is 1. The number of carbonyl (C=O) groups excluding carboxylic acids is 2. The number of hydrogen-bond donors (Lipinski definition) is 0. The van der Waals surface area contributed by atoms with Crippen molar-refractivity contribution >= 4 is 29.3 Å². The SMILES string of the molecule is Cc1cc(C(=O)OCC(=O)N2CC[C@H](C)Sc3ccccc32)c(C)o1. The number of hydrogen-bond acceptors (Lipinski definition) is 5. The van der Waals surface area contributed by atoms with Crippen LogP contribution in [0.25, 0.3) is 0 Å². The lowest BCUT2D eigenvalue weighted by Crippen LogP contribution is -2.35. The minimum Gasteiger partial charge on any atom is -0.466 e. The van der Waals surface area contributed by atoms with Crippen LogP contribution in [0.5, 0.6) is 0 Å². The highest BCUT2D eigenvalue weighted by atomic mass is 32.2. The van der Waals surface area contributed by atoms with Crippen LogP contribution in [0.2, 0.25) is 0 Å². The summed E-state index contributed by atoms with van der Waals surface area (Å²) < 4.78 is 10.6. The molecule has 132 valence electrons. The Hall–Kier alpha value is -2.21. The molecule has 2 aromatic rings. The number of carbonyl (C=O) groups is 2. The van der Waals surface area contributed by atoms with Gasteiger partial charge in [-0.2, -0.15) is 0 Å².